The first-order chi connectivity index (χ1) is 31.4. The number of methoxy groups -OCH3 is 2. The van der Waals surface area contributed by atoms with Gasteiger partial charge in [0.1, 0.15) is 48.6 Å². The normalized spacial score (nSPS) is 46.8. The van der Waals surface area contributed by atoms with Crippen LogP contribution in [0.4, 0.5) is 0 Å². The second-order valence-electron chi connectivity index (χ2n) is 19.6. The molecule has 6 aliphatic heterocycles. The van der Waals surface area contributed by atoms with E-state index in [9.17, 15) is 24.9 Å². The summed E-state index contributed by atoms with van der Waals surface area (Å²) in [6.07, 6.45) is 8.03. The highest BCUT2D eigenvalue weighted by molar-refractivity contribution is 5.78. The SMILES string of the molecule is CCC(C)[C@H]1O[C@]2(C=C[C@@H]1C)C[C@@H]1C[C@@H](C/C=C(\C)[C@@H](OC3C[C@H](OC)[C@@H](OC4C[C@H](OC)[C@@H](OCC(=O)O)[C@H](C)O4)[C@H](C)O3)[C@@H](C)/C=C/C=C3\CO[C@@H]4[C@H](O)C(C)=C[C@@H](C(=O)O1)[C@]34O)O2. The van der Waals surface area contributed by atoms with E-state index in [1.165, 1.54) is 0 Å². The van der Waals surface area contributed by atoms with Gasteiger partial charge in [-0.3, -0.25) is 4.79 Å². The van der Waals surface area contributed by atoms with Crippen molar-refractivity contribution in [3.05, 3.63) is 59.3 Å². The lowest BCUT2D eigenvalue weighted by Crippen LogP contribution is -2.58. The predicted octanol–water partition coefficient (Wildman–Crippen LogP) is 5.49. The van der Waals surface area contributed by atoms with Crippen LogP contribution in [0, 0.1) is 23.7 Å². The number of aliphatic carboxylic acids is 1. The van der Waals surface area contributed by atoms with Gasteiger partial charge in [-0.15, -0.1) is 0 Å². The lowest BCUT2D eigenvalue weighted by molar-refractivity contribution is -0.320. The fraction of sp³-hybridized carbons (Fsp3) is 0.760. The molecule has 4 saturated heterocycles. The largest absolute Gasteiger partial charge is 0.480 e. The van der Waals surface area contributed by atoms with Gasteiger partial charge in [-0.05, 0) is 62.8 Å². The van der Waals surface area contributed by atoms with E-state index in [1.54, 1.807) is 40.2 Å². The number of carboxylic acids is 1. The first kappa shape index (κ1) is 51.0. The molecule has 7 aliphatic rings. The van der Waals surface area contributed by atoms with Crippen LogP contribution in [0.5, 0.6) is 0 Å². The van der Waals surface area contributed by atoms with Crippen LogP contribution in [0.15, 0.2) is 59.3 Å². The third-order valence-corrected chi connectivity index (χ3v) is 14.9. The van der Waals surface area contributed by atoms with Crippen LogP contribution in [-0.2, 0) is 61.7 Å². The average molecular weight is 931 g/mol. The van der Waals surface area contributed by atoms with Crippen LogP contribution in [0.25, 0.3) is 0 Å². The molecule has 4 fully saturated rings. The van der Waals surface area contributed by atoms with Gasteiger partial charge in [-0.2, -0.15) is 0 Å². The van der Waals surface area contributed by atoms with Gasteiger partial charge >= 0.3 is 11.9 Å². The topological polar surface area (TPSA) is 196 Å². The van der Waals surface area contributed by atoms with Crippen LogP contribution in [-0.4, -0.2) is 152 Å². The zero-order valence-corrected chi connectivity index (χ0v) is 40.2. The second kappa shape index (κ2) is 21.4. The molecule has 16 heteroatoms. The first-order valence-electron chi connectivity index (χ1n) is 23.9. The molecule has 370 valence electrons. The summed E-state index contributed by atoms with van der Waals surface area (Å²) in [5.74, 6) is -3.74. The van der Waals surface area contributed by atoms with E-state index in [-0.39, 0.29) is 36.9 Å². The van der Waals surface area contributed by atoms with Crippen LogP contribution in [0.2, 0.25) is 0 Å². The minimum absolute atomic E-state index is 0.0163. The molecule has 1 aliphatic carbocycles. The van der Waals surface area contributed by atoms with Crippen molar-refractivity contribution in [3.63, 3.8) is 0 Å². The van der Waals surface area contributed by atoms with E-state index in [0.29, 0.717) is 36.8 Å². The third kappa shape index (κ3) is 10.8. The van der Waals surface area contributed by atoms with Crippen molar-refractivity contribution < 1.29 is 77.0 Å². The highest BCUT2D eigenvalue weighted by Crippen LogP contribution is 2.47. The number of allylic oxidation sites excluding steroid dienone is 2. The molecule has 6 heterocycles. The Morgan fingerprint density at radius 2 is 1.59 bits per heavy atom. The van der Waals surface area contributed by atoms with Gasteiger partial charge in [0.25, 0.3) is 0 Å². The lowest BCUT2D eigenvalue weighted by Gasteiger charge is -2.48. The Kier molecular flexibility index (Phi) is 16.6. The zero-order chi connectivity index (χ0) is 47.7. The summed E-state index contributed by atoms with van der Waals surface area (Å²) in [6.45, 7) is 15.5. The summed E-state index contributed by atoms with van der Waals surface area (Å²) in [5, 5.41) is 32.9. The van der Waals surface area contributed by atoms with E-state index < -0.39 is 116 Å². The summed E-state index contributed by atoms with van der Waals surface area (Å²) in [7, 11) is 3.18. The predicted molar refractivity (Wildman–Crippen MR) is 239 cm³/mol. The molecule has 0 amide bonds. The molecular weight excluding hydrogens is 857 g/mol. The Balaban J connectivity index is 1.15. The van der Waals surface area contributed by atoms with Gasteiger partial charge < -0.3 is 67.4 Å². The molecule has 0 aromatic rings. The van der Waals surface area contributed by atoms with Gasteiger partial charge in [-0.25, -0.2) is 4.79 Å². The number of carbonyl (C=O) groups is 2. The van der Waals surface area contributed by atoms with Gasteiger partial charge in [0.15, 0.2) is 18.4 Å². The molecule has 0 saturated carbocycles. The molecule has 16 nitrogen and oxygen atoms in total. The molecule has 3 unspecified atom stereocenters. The number of carboxylic acid groups (broad SMARTS) is 1. The van der Waals surface area contributed by atoms with E-state index in [4.69, 9.17) is 52.1 Å². The molecule has 20 atom stereocenters. The maximum Gasteiger partial charge on any atom is 0.329 e. The minimum Gasteiger partial charge on any atom is -0.480 e. The molecule has 0 aromatic heterocycles. The standard InChI is InChI=1S/C50H74O16/c1-11-26(2)44-29(5)17-18-49(66-44)23-35-20-34(65-49)16-15-28(4)43(27(3)13-12-14-33-24-59-47-42(53)30(6)19-36(48(54)62-35)50(33,47)55)63-40-22-38(57-10)46(32(8)61-40)64-41-21-37(56-9)45(31(7)60-41)58-25-39(51)52/h12-15,17-19,26-27,29,31-32,34-38,40-47,53,55H,11,16,20-25H2,1-10H3,(H,51,52)/b13-12+,28-15+,33-14+/t26?,27-,29-,31-,32-,34+,35-,36-,37-,38-,40?,41?,42+,43-,44+,45-,46-,47+,49+,50+/m0/s1. The Morgan fingerprint density at radius 3 is 2.27 bits per heavy atom. The van der Waals surface area contributed by atoms with Crippen LogP contribution in [0.3, 0.4) is 0 Å². The highest BCUT2D eigenvalue weighted by Gasteiger charge is 2.60. The molecule has 0 radical (unpaired) electrons. The van der Waals surface area contributed by atoms with Crippen molar-refractivity contribution in [1.29, 1.82) is 0 Å². The number of hydrogen-bond acceptors (Lipinski definition) is 15. The van der Waals surface area contributed by atoms with Crippen molar-refractivity contribution in [3.8, 4) is 0 Å². The molecule has 0 aromatic carbocycles. The maximum atomic E-state index is 14.4. The van der Waals surface area contributed by atoms with E-state index in [2.05, 4.69) is 32.9 Å². The number of rotatable bonds is 11. The summed E-state index contributed by atoms with van der Waals surface area (Å²) >= 11 is 0. The van der Waals surface area contributed by atoms with Crippen LogP contribution < -0.4 is 0 Å². The quantitative estimate of drug-likeness (QED) is 0.174. The van der Waals surface area contributed by atoms with Crippen molar-refractivity contribution in [2.45, 2.75) is 191 Å². The van der Waals surface area contributed by atoms with Crippen LogP contribution >= 0.6 is 0 Å². The monoisotopic (exact) mass is 930 g/mol. The average Bonchev–Trinajstić information content (AvgIpc) is 3.62. The fourth-order valence-corrected chi connectivity index (χ4v) is 11.0. The molecule has 7 rings (SSSR count). The number of ether oxygens (including phenoxy) is 11. The Hall–Kier alpha value is -2.84. The molecule has 66 heavy (non-hydrogen) atoms. The number of fused-ring (bicyclic) bond motifs is 2. The van der Waals surface area contributed by atoms with Gasteiger partial charge in [0.2, 0.25) is 0 Å². The number of hydrogen-bond donors (Lipinski definition) is 3. The van der Waals surface area contributed by atoms with Crippen LogP contribution in [0.1, 0.15) is 93.9 Å². The summed E-state index contributed by atoms with van der Waals surface area (Å²) in [6, 6.07) is 0. The van der Waals surface area contributed by atoms with Gasteiger partial charge in [0.05, 0.1) is 49.3 Å². The number of aliphatic hydroxyl groups is 2. The second-order valence-corrected chi connectivity index (χ2v) is 19.6. The minimum atomic E-state index is -1.85. The smallest absolute Gasteiger partial charge is 0.329 e. The number of carbonyl (C=O) groups excluding carboxylic acids is 1. The van der Waals surface area contributed by atoms with Gasteiger partial charge in [-0.1, -0.05) is 70.6 Å². The summed E-state index contributed by atoms with van der Waals surface area (Å²) < 4.78 is 69.7. The van der Waals surface area contributed by atoms with Crippen molar-refractivity contribution in [2.24, 2.45) is 23.7 Å². The van der Waals surface area contributed by atoms with Gasteiger partial charge in [0, 0.05) is 51.7 Å². The summed E-state index contributed by atoms with van der Waals surface area (Å²) in [4.78, 5) is 25.6. The lowest BCUT2D eigenvalue weighted by atomic mass is 9.71. The molecule has 3 N–H and O–H groups in total. The number of aliphatic hydroxyl groups excluding tert-OH is 1. The Bertz CT molecular complexity index is 1860. The Morgan fingerprint density at radius 1 is 0.909 bits per heavy atom. The van der Waals surface area contributed by atoms with E-state index in [1.807, 2.05) is 39.0 Å². The van der Waals surface area contributed by atoms with Crippen molar-refractivity contribution >= 4 is 11.9 Å². The molecule has 1 spiro atoms. The zero-order valence-electron chi connectivity index (χ0n) is 40.2. The fourth-order valence-electron chi connectivity index (χ4n) is 11.0. The van der Waals surface area contributed by atoms with E-state index >= 15 is 0 Å². The van der Waals surface area contributed by atoms with Crippen molar-refractivity contribution in [1.82, 2.24) is 0 Å². The molecular formula is C50H74O16. The Labute approximate surface area is 389 Å². The van der Waals surface area contributed by atoms with Crippen molar-refractivity contribution in [2.75, 3.05) is 27.4 Å². The third-order valence-electron chi connectivity index (χ3n) is 14.9. The number of esters is 1. The highest BCUT2D eigenvalue weighted by atomic mass is 16.7. The first-order valence-corrected chi connectivity index (χ1v) is 23.9. The molecule has 2 bridgehead atoms. The maximum absolute atomic E-state index is 14.4. The summed E-state index contributed by atoms with van der Waals surface area (Å²) in [5.41, 5.74) is 0.0679. The van der Waals surface area contributed by atoms with E-state index in [0.717, 1.165) is 12.0 Å².